The Bertz CT molecular complexity index is 330. The second kappa shape index (κ2) is 4.00. The van der Waals surface area contributed by atoms with E-state index in [-0.39, 0.29) is 0 Å². The fraction of sp³-hybridized carbons (Fsp3) is 0.429. The molecule has 0 heterocycles. The molecule has 0 N–H and O–H groups in total. The lowest BCUT2D eigenvalue weighted by Crippen LogP contribution is -2.03. The number of rotatable bonds is 1. The maximum Gasteiger partial charge on any atom is -0.0122 e. The van der Waals surface area contributed by atoms with Gasteiger partial charge in [0.25, 0.3) is 0 Å². The zero-order valence-electron chi connectivity index (χ0n) is 9.09. The number of allylic oxidation sites excluding steroid dienone is 2. The summed E-state index contributed by atoms with van der Waals surface area (Å²) in [4.78, 5) is 0. The van der Waals surface area contributed by atoms with Crippen molar-refractivity contribution < 1.29 is 0 Å². The van der Waals surface area contributed by atoms with Crippen LogP contribution in [0.4, 0.5) is 0 Å². The summed E-state index contributed by atoms with van der Waals surface area (Å²) in [5, 5.41) is 0. The average Bonchev–Trinajstić information content (AvgIpc) is 2.19. The lowest BCUT2D eigenvalue weighted by molar-refractivity contribution is 0.596. The van der Waals surface area contributed by atoms with Gasteiger partial charge in [0.2, 0.25) is 0 Å². The minimum atomic E-state index is 0.764. The summed E-state index contributed by atoms with van der Waals surface area (Å²) < 4.78 is 0. The van der Waals surface area contributed by atoms with Crippen molar-refractivity contribution in [1.82, 2.24) is 0 Å². The minimum absolute atomic E-state index is 0.764. The van der Waals surface area contributed by atoms with Crippen LogP contribution in [0.15, 0.2) is 35.9 Å². The molecule has 1 aliphatic carbocycles. The van der Waals surface area contributed by atoms with E-state index in [1.165, 1.54) is 30.4 Å². The molecule has 74 valence electrons. The van der Waals surface area contributed by atoms with Gasteiger partial charge in [0.15, 0.2) is 0 Å². The first-order chi connectivity index (χ1) is 6.75. The van der Waals surface area contributed by atoms with Crippen molar-refractivity contribution in [3.63, 3.8) is 0 Å². The number of hydrogen-bond acceptors (Lipinski definition) is 0. The standard InChI is InChI=1S/C14H18/c1-11-6-8-13(9-7-11)14-5-3-4-12(2)10-14/h4,6-9,14H,3,5,10H2,1-2H3/t14-/m1/s1. The van der Waals surface area contributed by atoms with Crippen LogP contribution in [0.3, 0.4) is 0 Å². The van der Waals surface area contributed by atoms with Crippen LogP contribution in [0.5, 0.6) is 0 Å². The Labute approximate surface area is 86.7 Å². The van der Waals surface area contributed by atoms with Gasteiger partial charge in [0.1, 0.15) is 0 Å². The first kappa shape index (κ1) is 9.51. The SMILES string of the molecule is CC1=CCC[C@@H](c2ccc(C)cc2)C1. The van der Waals surface area contributed by atoms with E-state index in [0.717, 1.165) is 5.92 Å². The first-order valence-electron chi connectivity index (χ1n) is 5.48. The average molecular weight is 186 g/mol. The topological polar surface area (TPSA) is 0 Å². The fourth-order valence-electron chi connectivity index (χ4n) is 2.23. The van der Waals surface area contributed by atoms with E-state index in [2.05, 4.69) is 44.2 Å². The van der Waals surface area contributed by atoms with Gasteiger partial charge in [0.05, 0.1) is 0 Å². The van der Waals surface area contributed by atoms with Crippen LogP contribution in [0, 0.1) is 6.92 Å². The van der Waals surface area contributed by atoms with Crippen LogP contribution in [-0.2, 0) is 0 Å². The Morgan fingerprint density at radius 1 is 1.07 bits per heavy atom. The summed E-state index contributed by atoms with van der Waals surface area (Å²) in [5.74, 6) is 0.764. The smallest absolute Gasteiger partial charge is 0.0122 e. The number of benzene rings is 1. The highest BCUT2D eigenvalue weighted by atomic mass is 14.2. The molecule has 0 nitrogen and oxygen atoms in total. The van der Waals surface area contributed by atoms with Gasteiger partial charge in [-0.15, -0.1) is 0 Å². The predicted molar refractivity (Wildman–Crippen MR) is 61.5 cm³/mol. The van der Waals surface area contributed by atoms with Crippen LogP contribution >= 0.6 is 0 Å². The second-order valence-electron chi connectivity index (χ2n) is 4.44. The molecule has 0 spiro atoms. The molecule has 1 aromatic carbocycles. The minimum Gasteiger partial charge on any atom is -0.0856 e. The molecule has 0 fully saturated rings. The van der Waals surface area contributed by atoms with E-state index in [9.17, 15) is 0 Å². The monoisotopic (exact) mass is 186 g/mol. The Kier molecular flexibility index (Phi) is 2.72. The molecule has 14 heavy (non-hydrogen) atoms. The van der Waals surface area contributed by atoms with E-state index >= 15 is 0 Å². The number of aryl methyl sites for hydroxylation is 1. The summed E-state index contributed by atoms with van der Waals surface area (Å²) in [5.41, 5.74) is 4.43. The third-order valence-electron chi connectivity index (χ3n) is 3.13. The van der Waals surface area contributed by atoms with Crippen molar-refractivity contribution in [1.29, 1.82) is 0 Å². The van der Waals surface area contributed by atoms with Crippen LogP contribution in [0.2, 0.25) is 0 Å². The Balaban J connectivity index is 2.16. The molecule has 1 aliphatic rings. The van der Waals surface area contributed by atoms with E-state index in [1.54, 1.807) is 5.57 Å². The van der Waals surface area contributed by atoms with Crippen molar-refractivity contribution in [2.45, 2.75) is 39.0 Å². The Morgan fingerprint density at radius 3 is 2.43 bits per heavy atom. The van der Waals surface area contributed by atoms with Crippen molar-refractivity contribution in [3.8, 4) is 0 Å². The highest BCUT2D eigenvalue weighted by Gasteiger charge is 2.14. The van der Waals surface area contributed by atoms with E-state index in [4.69, 9.17) is 0 Å². The van der Waals surface area contributed by atoms with Gasteiger partial charge in [-0.25, -0.2) is 0 Å². The normalized spacial score (nSPS) is 21.9. The molecule has 0 aromatic heterocycles. The van der Waals surface area contributed by atoms with Crippen molar-refractivity contribution in [2.75, 3.05) is 0 Å². The molecule has 0 aliphatic heterocycles. The lowest BCUT2D eigenvalue weighted by atomic mass is 9.84. The molecule has 1 atom stereocenters. The third kappa shape index (κ3) is 2.06. The van der Waals surface area contributed by atoms with Gasteiger partial charge in [-0.05, 0) is 44.6 Å². The van der Waals surface area contributed by atoms with Crippen molar-refractivity contribution >= 4 is 0 Å². The van der Waals surface area contributed by atoms with Gasteiger partial charge in [-0.1, -0.05) is 41.5 Å². The second-order valence-corrected chi connectivity index (χ2v) is 4.44. The highest BCUT2D eigenvalue weighted by Crippen LogP contribution is 2.32. The number of hydrogen-bond donors (Lipinski definition) is 0. The Hall–Kier alpha value is -1.04. The predicted octanol–water partition coefficient (Wildman–Crippen LogP) is 4.21. The van der Waals surface area contributed by atoms with Crippen LogP contribution < -0.4 is 0 Å². The van der Waals surface area contributed by atoms with Crippen molar-refractivity contribution in [3.05, 3.63) is 47.0 Å². The summed E-state index contributed by atoms with van der Waals surface area (Å²) in [6, 6.07) is 9.03. The zero-order chi connectivity index (χ0) is 9.97. The third-order valence-corrected chi connectivity index (χ3v) is 3.13. The summed E-state index contributed by atoms with van der Waals surface area (Å²) in [6.45, 7) is 4.40. The molecule has 0 radical (unpaired) electrons. The van der Waals surface area contributed by atoms with Gasteiger partial charge in [0, 0.05) is 0 Å². The van der Waals surface area contributed by atoms with Gasteiger partial charge in [-0.2, -0.15) is 0 Å². The largest absolute Gasteiger partial charge is 0.0856 e. The van der Waals surface area contributed by atoms with E-state index in [0.29, 0.717) is 0 Å². The quantitative estimate of drug-likeness (QED) is 0.576. The zero-order valence-corrected chi connectivity index (χ0v) is 9.09. The summed E-state index contributed by atoms with van der Waals surface area (Å²) in [6.07, 6.45) is 6.21. The van der Waals surface area contributed by atoms with Gasteiger partial charge < -0.3 is 0 Å². The molecule has 0 heteroatoms. The molecule has 0 amide bonds. The molecule has 1 aromatic rings. The fourth-order valence-corrected chi connectivity index (χ4v) is 2.23. The maximum absolute atomic E-state index is 2.38. The molecule has 2 rings (SSSR count). The van der Waals surface area contributed by atoms with Gasteiger partial charge >= 0.3 is 0 Å². The molecule has 0 saturated heterocycles. The van der Waals surface area contributed by atoms with E-state index < -0.39 is 0 Å². The molecular weight excluding hydrogens is 168 g/mol. The van der Waals surface area contributed by atoms with Crippen LogP contribution in [0.1, 0.15) is 43.2 Å². The summed E-state index contributed by atoms with van der Waals surface area (Å²) in [7, 11) is 0. The Morgan fingerprint density at radius 2 is 1.79 bits per heavy atom. The van der Waals surface area contributed by atoms with E-state index in [1.807, 2.05) is 0 Å². The molecule has 0 bridgehead atoms. The van der Waals surface area contributed by atoms with Crippen LogP contribution in [0.25, 0.3) is 0 Å². The van der Waals surface area contributed by atoms with Crippen LogP contribution in [-0.4, -0.2) is 0 Å². The lowest BCUT2D eigenvalue weighted by Gasteiger charge is -2.21. The molecular formula is C14H18. The summed E-state index contributed by atoms with van der Waals surface area (Å²) >= 11 is 0. The van der Waals surface area contributed by atoms with Gasteiger partial charge in [-0.3, -0.25) is 0 Å². The molecule has 0 unspecified atom stereocenters. The first-order valence-corrected chi connectivity index (χ1v) is 5.48. The van der Waals surface area contributed by atoms with Crippen molar-refractivity contribution in [2.24, 2.45) is 0 Å². The highest BCUT2D eigenvalue weighted by molar-refractivity contribution is 5.26. The maximum atomic E-state index is 2.38. The molecule has 0 saturated carbocycles.